The first-order chi connectivity index (χ1) is 11.3. The van der Waals surface area contributed by atoms with Crippen LogP contribution in [0.5, 0.6) is 0 Å². The van der Waals surface area contributed by atoms with Crippen LogP contribution in [0.2, 0.25) is 0 Å². The highest BCUT2D eigenvalue weighted by Gasteiger charge is 2.13. The van der Waals surface area contributed by atoms with Crippen LogP contribution in [0.15, 0.2) is 60.7 Å². The standard InChI is InChI=1S/C17H21NO.C4H11N.ClH/c1-18(2)13-14-19-17(15-9-5-3-6-10-15)16-11-7-4-8-12-16;1-4(2,3)5;/h3-12,17H,13-14H2,1-2H3;5H2,1-3H3;1H. The maximum absolute atomic E-state index is 6.08. The Balaban J connectivity index is 0.000000848. The lowest BCUT2D eigenvalue weighted by Gasteiger charge is -2.20. The molecule has 0 fully saturated rings. The van der Waals surface area contributed by atoms with Crippen molar-refractivity contribution in [3.63, 3.8) is 0 Å². The van der Waals surface area contributed by atoms with Gasteiger partial charge in [0.25, 0.3) is 0 Å². The topological polar surface area (TPSA) is 38.5 Å². The predicted molar refractivity (Wildman–Crippen MR) is 110 cm³/mol. The molecule has 0 spiro atoms. The van der Waals surface area contributed by atoms with Crippen molar-refractivity contribution >= 4 is 12.4 Å². The Morgan fingerprint density at radius 2 is 1.24 bits per heavy atom. The maximum Gasteiger partial charge on any atom is 0.108 e. The van der Waals surface area contributed by atoms with Crippen LogP contribution in [0.25, 0.3) is 0 Å². The molecule has 0 aliphatic carbocycles. The van der Waals surface area contributed by atoms with Crippen LogP contribution in [-0.2, 0) is 4.74 Å². The molecule has 0 amide bonds. The number of hydrogen-bond donors (Lipinski definition) is 1. The van der Waals surface area contributed by atoms with Crippen molar-refractivity contribution < 1.29 is 4.74 Å². The van der Waals surface area contributed by atoms with E-state index in [0.29, 0.717) is 0 Å². The summed E-state index contributed by atoms with van der Waals surface area (Å²) in [6, 6.07) is 20.8. The van der Waals surface area contributed by atoms with E-state index in [1.807, 2.05) is 32.9 Å². The molecule has 0 aliphatic rings. The van der Waals surface area contributed by atoms with E-state index in [1.54, 1.807) is 0 Å². The number of hydrogen-bond acceptors (Lipinski definition) is 3. The van der Waals surface area contributed by atoms with Gasteiger partial charge in [0.05, 0.1) is 6.61 Å². The largest absolute Gasteiger partial charge is 0.367 e. The molecule has 0 aliphatic heterocycles. The molecule has 0 saturated carbocycles. The average molecular weight is 365 g/mol. The normalized spacial score (nSPS) is 10.9. The molecule has 0 atom stereocenters. The van der Waals surface area contributed by atoms with Crippen LogP contribution < -0.4 is 5.73 Å². The van der Waals surface area contributed by atoms with Gasteiger partial charge < -0.3 is 15.4 Å². The van der Waals surface area contributed by atoms with Crippen LogP contribution in [0, 0.1) is 0 Å². The van der Waals surface area contributed by atoms with Gasteiger partial charge >= 0.3 is 0 Å². The highest BCUT2D eigenvalue weighted by molar-refractivity contribution is 5.85. The lowest BCUT2D eigenvalue weighted by atomic mass is 10.0. The van der Waals surface area contributed by atoms with Gasteiger partial charge in [0.2, 0.25) is 0 Å². The summed E-state index contributed by atoms with van der Waals surface area (Å²) in [7, 11) is 4.12. The Hall–Kier alpha value is -1.39. The molecule has 2 N–H and O–H groups in total. The van der Waals surface area contributed by atoms with Gasteiger partial charge in [-0.3, -0.25) is 0 Å². The average Bonchev–Trinajstić information content (AvgIpc) is 2.51. The molecule has 0 unspecified atom stereocenters. The lowest BCUT2D eigenvalue weighted by molar-refractivity contribution is 0.0687. The molecule has 4 heteroatoms. The minimum atomic E-state index is 0. The summed E-state index contributed by atoms with van der Waals surface area (Å²) < 4.78 is 6.08. The van der Waals surface area contributed by atoms with Crippen molar-refractivity contribution in [2.24, 2.45) is 5.73 Å². The van der Waals surface area contributed by atoms with Crippen molar-refractivity contribution in [2.75, 3.05) is 27.2 Å². The number of ether oxygens (including phenoxy) is 1. The Morgan fingerprint density at radius 3 is 1.56 bits per heavy atom. The van der Waals surface area contributed by atoms with Crippen molar-refractivity contribution in [1.29, 1.82) is 0 Å². The minimum Gasteiger partial charge on any atom is -0.367 e. The van der Waals surface area contributed by atoms with E-state index in [4.69, 9.17) is 10.5 Å². The summed E-state index contributed by atoms with van der Waals surface area (Å²) in [6.07, 6.45) is 0.0161. The van der Waals surface area contributed by atoms with Gasteiger partial charge in [-0.05, 0) is 46.0 Å². The number of likely N-dealkylation sites (N-methyl/N-ethyl adjacent to an activating group) is 1. The predicted octanol–water partition coefficient (Wildman–Crippen LogP) is 4.52. The molecule has 2 aromatic carbocycles. The third-order valence-corrected chi connectivity index (χ3v) is 3.03. The molecule has 0 aromatic heterocycles. The van der Waals surface area contributed by atoms with Gasteiger partial charge in [0.15, 0.2) is 0 Å². The molecule has 2 rings (SSSR count). The number of halogens is 1. The second-order valence-corrected chi connectivity index (χ2v) is 7.24. The monoisotopic (exact) mass is 364 g/mol. The van der Waals surface area contributed by atoms with Gasteiger partial charge in [-0.2, -0.15) is 0 Å². The zero-order valence-corrected chi connectivity index (χ0v) is 16.9. The Morgan fingerprint density at radius 1 is 0.880 bits per heavy atom. The second kappa shape index (κ2) is 12.0. The Bertz CT molecular complexity index is 508. The summed E-state index contributed by atoms with van der Waals surface area (Å²) in [6.45, 7) is 7.55. The molecule has 0 radical (unpaired) electrons. The van der Waals surface area contributed by atoms with Gasteiger partial charge in [0, 0.05) is 12.1 Å². The number of benzene rings is 2. The van der Waals surface area contributed by atoms with Crippen LogP contribution in [-0.4, -0.2) is 37.7 Å². The summed E-state index contributed by atoms with van der Waals surface area (Å²) in [5.74, 6) is 0. The van der Waals surface area contributed by atoms with Gasteiger partial charge in [-0.15, -0.1) is 12.4 Å². The van der Waals surface area contributed by atoms with E-state index in [-0.39, 0.29) is 24.0 Å². The van der Waals surface area contributed by atoms with Crippen LogP contribution >= 0.6 is 12.4 Å². The molecule has 0 bridgehead atoms. The second-order valence-electron chi connectivity index (χ2n) is 7.24. The fraction of sp³-hybridized carbons (Fsp3) is 0.429. The molecular weight excluding hydrogens is 332 g/mol. The van der Waals surface area contributed by atoms with E-state index < -0.39 is 0 Å². The van der Waals surface area contributed by atoms with Crippen molar-refractivity contribution in [2.45, 2.75) is 32.4 Å². The van der Waals surface area contributed by atoms with Gasteiger partial charge in [0.1, 0.15) is 6.10 Å². The highest BCUT2D eigenvalue weighted by atomic mass is 35.5. The first kappa shape index (κ1) is 23.6. The number of nitrogens with two attached hydrogens (primary N) is 1. The molecule has 0 heterocycles. The van der Waals surface area contributed by atoms with Crippen LogP contribution in [0.1, 0.15) is 38.0 Å². The lowest BCUT2D eigenvalue weighted by Crippen LogP contribution is -2.26. The zero-order chi connectivity index (χ0) is 18.0. The fourth-order valence-corrected chi connectivity index (χ4v) is 1.99. The number of rotatable bonds is 6. The summed E-state index contributed by atoms with van der Waals surface area (Å²) in [5.41, 5.74) is 7.76. The highest BCUT2D eigenvalue weighted by Crippen LogP contribution is 2.25. The number of nitrogens with zero attached hydrogens (tertiary/aromatic N) is 1. The molecule has 25 heavy (non-hydrogen) atoms. The molecule has 140 valence electrons. The van der Waals surface area contributed by atoms with Gasteiger partial charge in [-0.25, -0.2) is 0 Å². The van der Waals surface area contributed by atoms with Crippen LogP contribution in [0.3, 0.4) is 0 Å². The van der Waals surface area contributed by atoms with E-state index >= 15 is 0 Å². The quantitative estimate of drug-likeness (QED) is 0.818. The van der Waals surface area contributed by atoms with E-state index in [1.165, 1.54) is 11.1 Å². The summed E-state index contributed by atoms with van der Waals surface area (Å²) >= 11 is 0. The fourth-order valence-electron chi connectivity index (χ4n) is 1.99. The van der Waals surface area contributed by atoms with Crippen molar-refractivity contribution in [3.8, 4) is 0 Å². The maximum atomic E-state index is 6.08. The van der Waals surface area contributed by atoms with Crippen LogP contribution in [0.4, 0.5) is 0 Å². The SMILES string of the molecule is CC(C)(C)N.CN(C)CCOC(c1ccccc1)c1ccccc1.Cl. The first-order valence-electron chi connectivity index (χ1n) is 8.42. The molecule has 3 nitrogen and oxygen atoms in total. The van der Waals surface area contributed by atoms with Crippen molar-refractivity contribution in [3.05, 3.63) is 71.8 Å². The van der Waals surface area contributed by atoms with Crippen molar-refractivity contribution in [1.82, 2.24) is 4.90 Å². The van der Waals surface area contributed by atoms with Gasteiger partial charge in [-0.1, -0.05) is 60.7 Å². The Kier molecular flexibility index (Phi) is 11.4. The zero-order valence-electron chi connectivity index (χ0n) is 16.1. The Labute approximate surface area is 159 Å². The van der Waals surface area contributed by atoms with E-state index in [0.717, 1.165) is 13.2 Å². The smallest absolute Gasteiger partial charge is 0.108 e. The molecule has 2 aromatic rings. The summed E-state index contributed by atoms with van der Waals surface area (Å²) in [5, 5.41) is 0. The third-order valence-electron chi connectivity index (χ3n) is 3.03. The third kappa shape index (κ3) is 11.7. The molecular formula is C21H33ClN2O. The van der Waals surface area contributed by atoms with E-state index in [2.05, 4.69) is 67.5 Å². The summed E-state index contributed by atoms with van der Waals surface area (Å²) in [4.78, 5) is 2.13. The minimum absolute atomic E-state index is 0. The first-order valence-corrected chi connectivity index (χ1v) is 8.42. The van der Waals surface area contributed by atoms with E-state index in [9.17, 15) is 0 Å². The molecule has 0 saturated heterocycles.